The molecule has 13 heteroatoms. The fourth-order valence-electron chi connectivity index (χ4n) is 5.41. The number of sulfone groups is 1. The van der Waals surface area contributed by atoms with Gasteiger partial charge in [-0.2, -0.15) is 4.31 Å². The van der Waals surface area contributed by atoms with E-state index in [1.54, 1.807) is 36.2 Å². The van der Waals surface area contributed by atoms with Crippen molar-refractivity contribution < 1.29 is 26.4 Å². The number of amides is 1. The zero-order valence-electron chi connectivity index (χ0n) is 23.4. The molecule has 0 bridgehead atoms. The number of fused-ring (bicyclic) bond motifs is 1. The molecule has 1 amide bonds. The molecule has 0 N–H and O–H groups in total. The Kier molecular flexibility index (Phi) is 9.12. The molecule has 5 rings (SSSR count). The molecule has 2 aromatic carbocycles. The number of carbonyl (C=O) groups is 1. The van der Waals surface area contributed by atoms with Crippen LogP contribution in [0.4, 0.5) is 5.13 Å². The molecule has 41 heavy (non-hydrogen) atoms. The SMILES string of the molecule is CN(C1CCCCC1)S(=O)(=O)c1ccc(C(=O)N(CCN2CCOCC2)c2nc3c(S(C)(=O)=O)cccc3s2)cc1. The van der Waals surface area contributed by atoms with Gasteiger partial charge in [0.05, 0.1) is 27.7 Å². The lowest BCUT2D eigenvalue weighted by Crippen LogP contribution is -2.43. The molecule has 0 atom stereocenters. The van der Waals surface area contributed by atoms with Gasteiger partial charge >= 0.3 is 0 Å². The van der Waals surface area contributed by atoms with Crippen molar-refractivity contribution in [3.63, 3.8) is 0 Å². The predicted molar refractivity (Wildman–Crippen MR) is 160 cm³/mol. The Morgan fingerprint density at radius 1 is 1.02 bits per heavy atom. The fraction of sp³-hybridized carbons (Fsp3) is 0.500. The minimum absolute atomic E-state index is 0.0124. The summed E-state index contributed by atoms with van der Waals surface area (Å²) in [4.78, 5) is 22.5. The van der Waals surface area contributed by atoms with E-state index in [1.807, 2.05) is 0 Å². The largest absolute Gasteiger partial charge is 0.379 e. The summed E-state index contributed by atoms with van der Waals surface area (Å²) in [6.45, 7) is 3.67. The number of morpholine rings is 1. The lowest BCUT2D eigenvalue weighted by atomic mass is 9.96. The number of hydrogen-bond donors (Lipinski definition) is 0. The summed E-state index contributed by atoms with van der Waals surface area (Å²) < 4.78 is 59.0. The Hall–Kier alpha value is -2.42. The number of benzene rings is 2. The van der Waals surface area contributed by atoms with Crippen LogP contribution in [0.25, 0.3) is 10.2 Å². The Bertz CT molecular complexity index is 1590. The molecular formula is C28H36N4O6S3. The van der Waals surface area contributed by atoms with Crippen LogP contribution in [-0.4, -0.2) is 95.7 Å². The maximum Gasteiger partial charge on any atom is 0.260 e. The quantitative estimate of drug-likeness (QED) is 0.356. The number of nitrogens with zero attached hydrogens (tertiary/aromatic N) is 4. The zero-order valence-corrected chi connectivity index (χ0v) is 25.8. The highest BCUT2D eigenvalue weighted by molar-refractivity contribution is 7.91. The normalized spacial score (nSPS) is 17.7. The van der Waals surface area contributed by atoms with Gasteiger partial charge in [0.2, 0.25) is 10.0 Å². The summed E-state index contributed by atoms with van der Waals surface area (Å²) in [5.41, 5.74) is 0.667. The number of thiazole rings is 1. The van der Waals surface area contributed by atoms with Crippen molar-refractivity contribution >= 4 is 52.5 Å². The van der Waals surface area contributed by atoms with Gasteiger partial charge in [-0.15, -0.1) is 0 Å². The summed E-state index contributed by atoms with van der Waals surface area (Å²) >= 11 is 1.26. The third-order valence-electron chi connectivity index (χ3n) is 7.86. The average Bonchev–Trinajstić information content (AvgIpc) is 3.41. The van der Waals surface area contributed by atoms with Crippen LogP contribution in [0.5, 0.6) is 0 Å². The van der Waals surface area contributed by atoms with Gasteiger partial charge in [-0.05, 0) is 49.2 Å². The second-order valence-electron chi connectivity index (χ2n) is 10.6. The van der Waals surface area contributed by atoms with Crippen molar-refractivity contribution in [3.05, 3.63) is 48.0 Å². The van der Waals surface area contributed by atoms with E-state index in [1.165, 1.54) is 33.8 Å². The van der Waals surface area contributed by atoms with Gasteiger partial charge in [-0.3, -0.25) is 14.6 Å². The summed E-state index contributed by atoms with van der Waals surface area (Å²) in [5.74, 6) is -0.331. The first-order valence-corrected chi connectivity index (χ1v) is 18.0. The number of carbonyl (C=O) groups excluding carboxylic acids is 1. The van der Waals surface area contributed by atoms with Crippen molar-refractivity contribution in [1.29, 1.82) is 0 Å². The third kappa shape index (κ3) is 6.65. The number of rotatable bonds is 9. The van der Waals surface area contributed by atoms with Crippen molar-refractivity contribution in [2.75, 3.05) is 57.6 Å². The molecule has 2 aliphatic rings. The molecule has 1 aromatic heterocycles. The van der Waals surface area contributed by atoms with Crippen LogP contribution in [0.1, 0.15) is 42.5 Å². The standard InChI is InChI=1S/C28H36N4O6S3/c1-30(22-7-4-3-5-8-22)41(36,37)23-13-11-21(12-14-23)27(33)32(16-15-31-17-19-38-20-18-31)28-29-26-24(39-28)9-6-10-25(26)40(2,34)35/h6,9-14,22H,3-5,7-8,15-20H2,1-2H3. The van der Waals surface area contributed by atoms with Crippen molar-refractivity contribution in [2.45, 2.75) is 47.9 Å². The fourth-order valence-corrected chi connectivity index (χ4v) is 8.74. The number of ether oxygens (including phenoxy) is 1. The molecule has 222 valence electrons. The van der Waals surface area contributed by atoms with Gasteiger partial charge < -0.3 is 4.74 Å². The first kappa shape index (κ1) is 30.1. The van der Waals surface area contributed by atoms with Crippen LogP contribution in [0.3, 0.4) is 0 Å². The zero-order chi connectivity index (χ0) is 29.2. The van der Waals surface area contributed by atoms with E-state index < -0.39 is 19.9 Å². The molecule has 10 nitrogen and oxygen atoms in total. The van der Waals surface area contributed by atoms with Crippen LogP contribution < -0.4 is 4.90 Å². The van der Waals surface area contributed by atoms with Crippen LogP contribution in [0.2, 0.25) is 0 Å². The van der Waals surface area contributed by atoms with E-state index in [0.717, 1.165) is 51.4 Å². The molecule has 0 spiro atoms. The molecular weight excluding hydrogens is 585 g/mol. The number of hydrogen-bond acceptors (Lipinski definition) is 9. The van der Waals surface area contributed by atoms with Gasteiger partial charge in [0.25, 0.3) is 5.91 Å². The molecule has 1 aliphatic carbocycles. The molecule has 1 saturated carbocycles. The van der Waals surface area contributed by atoms with E-state index in [4.69, 9.17) is 4.74 Å². The van der Waals surface area contributed by atoms with Crippen molar-refractivity contribution in [1.82, 2.24) is 14.2 Å². The number of sulfonamides is 1. The van der Waals surface area contributed by atoms with Gasteiger partial charge in [0.15, 0.2) is 15.0 Å². The highest BCUT2D eigenvalue weighted by atomic mass is 32.2. The lowest BCUT2D eigenvalue weighted by molar-refractivity contribution is 0.0391. The number of para-hydroxylation sites is 1. The van der Waals surface area contributed by atoms with Crippen LogP contribution >= 0.6 is 11.3 Å². The highest BCUT2D eigenvalue weighted by Gasteiger charge is 2.30. The minimum Gasteiger partial charge on any atom is -0.379 e. The van der Waals surface area contributed by atoms with E-state index in [9.17, 15) is 21.6 Å². The predicted octanol–water partition coefficient (Wildman–Crippen LogP) is 3.63. The van der Waals surface area contributed by atoms with Crippen molar-refractivity contribution in [2.24, 2.45) is 0 Å². The second kappa shape index (κ2) is 12.4. The summed E-state index contributed by atoms with van der Waals surface area (Å²) in [6.07, 6.45) is 6.03. The Balaban J connectivity index is 1.43. The minimum atomic E-state index is -3.69. The van der Waals surface area contributed by atoms with E-state index in [0.29, 0.717) is 47.2 Å². The first-order valence-electron chi connectivity index (χ1n) is 13.9. The van der Waals surface area contributed by atoms with E-state index in [-0.39, 0.29) is 21.7 Å². The maximum atomic E-state index is 13.9. The van der Waals surface area contributed by atoms with Crippen LogP contribution in [-0.2, 0) is 24.6 Å². The molecule has 2 fully saturated rings. The summed E-state index contributed by atoms with van der Waals surface area (Å²) in [7, 11) is -5.58. The highest BCUT2D eigenvalue weighted by Crippen LogP contribution is 2.33. The Morgan fingerprint density at radius 2 is 1.71 bits per heavy atom. The Labute approximate surface area is 245 Å². The van der Waals surface area contributed by atoms with Crippen molar-refractivity contribution in [3.8, 4) is 0 Å². The Morgan fingerprint density at radius 3 is 2.37 bits per heavy atom. The topological polar surface area (TPSA) is 117 Å². The van der Waals surface area contributed by atoms with Gasteiger partial charge in [0, 0.05) is 51.1 Å². The monoisotopic (exact) mass is 620 g/mol. The molecule has 0 unspecified atom stereocenters. The average molecular weight is 621 g/mol. The molecule has 1 saturated heterocycles. The second-order valence-corrected chi connectivity index (χ2v) is 15.6. The van der Waals surface area contributed by atoms with Gasteiger partial charge in [0.1, 0.15) is 5.52 Å². The molecule has 0 radical (unpaired) electrons. The maximum absolute atomic E-state index is 13.9. The number of aromatic nitrogens is 1. The van der Waals surface area contributed by atoms with Gasteiger partial charge in [-0.1, -0.05) is 36.7 Å². The van der Waals surface area contributed by atoms with Gasteiger partial charge in [-0.25, -0.2) is 21.8 Å². The molecule has 2 heterocycles. The third-order valence-corrected chi connectivity index (χ3v) is 12.0. The summed E-state index contributed by atoms with van der Waals surface area (Å²) in [6, 6.07) is 11.0. The summed E-state index contributed by atoms with van der Waals surface area (Å²) in [5, 5.41) is 0.392. The molecule has 3 aromatic rings. The smallest absolute Gasteiger partial charge is 0.260 e. The van der Waals surface area contributed by atoms with E-state index in [2.05, 4.69) is 9.88 Å². The van der Waals surface area contributed by atoms with Crippen LogP contribution in [0, 0.1) is 0 Å². The molecule has 1 aliphatic heterocycles. The van der Waals surface area contributed by atoms with E-state index >= 15 is 0 Å². The van der Waals surface area contributed by atoms with Crippen LogP contribution in [0.15, 0.2) is 52.3 Å². The first-order chi connectivity index (χ1) is 19.6. The number of anilines is 1. The lowest BCUT2D eigenvalue weighted by Gasteiger charge is -2.30.